The SMILES string of the molecule is Cc1ccc(C2=CC3(CCN(C(=O)Nc4ccc(F)cc4)CC3)ON2)cc1. The Morgan fingerprint density at radius 2 is 1.78 bits per heavy atom. The summed E-state index contributed by atoms with van der Waals surface area (Å²) in [5.74, 6) is -0.324. The van der Waals surface area contributed by atoms with Gasteiger partial charge in [-0.2, -0.15) is 0 Å². The van der Waals surface area contributed by atoms with Gasteiger partial charge >= 0.3 is 6.03 Å². The molecule has 0 unspecified atom stereocenters. The fourth-order valence-electron chi connectivity index (χ4n) is 3.42. The summed E-state index contributed by atoms with van der Waals surface area (Å²) in [6.45, 7) is 3.24. The highest BCUT2D eigenvalue weighted by Gasteiger charge is 2.39. The second-order valence-corrected chi connectivity index (χ2v) is 7.12. The Bertz CT molecular complexity index is 854. The number of benzene rings is 2. The van der Waals surface area contributed by atoms with Crippen molar-refractivity contribution >= 4 is 17.4 Å². The van der Waals surface area contributed by atoms with E-state index in [9.17, 15) is 9.18 Å². The van der Waals surface area contributed by atoms with Crippen LogP contribution in [-0.2, 0) is 4.84 Å². The van der Waals surface area contributed by atoms with Gasteiger partial charge in [0.25, 0.3) is 0 Å². The number of nitrogens with one attached hydrogen (secondary N) is 2. The zero-order chi connectivity index (χ0) is 18.9. The van der Waals surface area contributed by atoms with Crippen LogP contribution in [-0.4, -0.2) is 29.6 Å². The number of urea groups is 1. The Balaban J connectivity index is 1.37. The van der Waals surface area contributed by atoms with Crippen LogP contribution in [0.4, 0.5) is 14.9 Å². The number of likely N-dealkylation sites (tertiary alicyclic amines) is 1. The van der Waals surface area contributed by atoms with Crippen molar-refractivity contribution < 1.29 is 14.0 Å². The topological polar surface area (TPSA) is 53.6 Å². The van der Waals surface area contributed by atoms with Gasteiger partial charge in [-0.25, -0.2) is 9.18 Å². The van der Waals surface area contributed by atoms with Crippen molar-refractivity contribution in [3.8, 4) is 0 Å². The molecule has 2 aromatic rings. The Labute approximate surface area is 157 Å². The number of rotatable bonds is 2. The molecule has 1 saturated heterocycles. The van der Waals surface area contributed by atoms with E-state index in [4.69, 9.17) is 4.84 Å². The second kappa shape index (κ2) is 7.04. The van der Waals surface area contributed by atoms with Crippen LogP contribution in [0.25, 0.3) is 5.70 Å². The molecule has 2 heterocycles. The third-order valence-electron chi connectivity index (χ3n) is 5.13. The fourth-order valence-corrected chi connectivity index (χ4v) is 3.42. The van der Waals surface area contributed by atoms with Crippen LogP contribution in [0, 0.1) is 12.7 Å². The zero-order valence-electron chi connectivity index (χ0n) is 15.2. The van der Waals surface area contributed by atoms with Crippen molar-refractivity contribution in [3.05, 3.63) is 71.6 Å². The number of anilines is 1. The quantitative estimate of drug-likeness (QED) is 0.841. The van der Waals surface area contributed by atoms with E-state index in [-0.39, 0.29) is 17.4 Å². The van der Waals surface area contributed by atoms with E-state index in [1.165, 1.54) is 17.7 Å². The van der Waals surface area contributed by atoms with Crippen LogP contribution in [0.2, 0.25) is 0 Å². The summed E-state index contributed by atoms with van der Waals surface area (Å²) < 4.78 is 13.0. The molecule has 2 aliphatic rings. The maximum atomic E-state index is 13.0. The lowest BCUT2D eigenvalue weighted by Crippen LogP contribution is -2.48. The summed E-state index contributed by atoms with van der Waals surface area (Å²) in [6.07, 6.45) is 3.56. The first-order chi connectivity index (χ1) is 13.0. The van der Waals surface area contributed by atoms with Crippen LogP contribution in [0.5, 0.6) is 0 Å². The minimum absolute atomic E-state index is 0.176. The predicted molar refractivity (Wildman–Crippen MR) is 102 cm³/mol. The number of hydrogen-bond donors (Lipinski definition) is 2. The lowest BCUT2D eigenvalue weighted by molar-refractivity contribution is -0.0634. The average Bonchev–Trinajstić information content (AvgIpc) is 3.08. The van der Waals surface area contributed by atoms with Crippen LogP contribution in [0.15, 0.2) is 54.6 Å². The van der Waals surface area contributed by atoms with Crippen LogP contribution < -0.4 is 10.8 Å². The molecule has 0 radical (unpaired) electrons. The van der Waals surface area contributed by atoms with Gasteiger partial charge in [0.2, 0.25) is 0 Å². The van der Waals surface area contributed by atoms with E-state index in [1.54, 1.807) is 17.0 Å². The van der Waals surface area contributed by atoms with Gasteiger partial charge in [0.1, 0.15) is 11.4 Å². The first kappa shape index (κ1) is 17.5. The highest BCUT2D eigenvalue weighted by molar-refractivity contribution is 5.89. The first-order valence-corrected chi connectivity index (χ1v) is 9.08. The summed E-state index contributed by atoms with van der Waals surface area (Å²) in [4.78, 5) is 20.1. The Hall–Kier alpha value is -2.86. The third kappa shape index (κ3) is 3.80. The van der Waals surface area contributed by atoms with Gasteiger partial charge < -0.3 is 10.2 Å². The molecule has 5 nitrogen and oxygen atoms in total. The van der Waals surface area contributed by atoms with E-state index in [1.807, 2.05) is 0 Å². The summed E-state index contributed by atoms with van der Waals surface area (Å²) in [5.41, 5.74) is 6.53. The molecule has 2 aromatic carbocycles. The number of hydrogen-bond acceptors (Lipinski definition) is 3. The number of carbonyl (C=O) groups excluding carboxylic acids is 1. The van der Waals surface area contributed by atoms with E-state index < -0.39 is 0 Å². The van der Waals surface area contributed by atoms with Gasteiger partial charge in [-0.1, -0.05) is 29.8 Å². The molecule has 1 spiro atoms. The van der Waals surface area contributed by atoms with E-state index in [0.29, 0.717) is 31.6 Å². The largest absolute Gasteiger partial charge is 0.324 e. The molecule has 0 aliphatic carbocycles. The summed E-state index contributed by atoms with van der Waals surface area (Å²) in [6, 6.07) is 13.9. The molecule has 4 rings (SSSR count). The standard InChI is InChI=1S/C21H22FN3O2/c1-15-2-4-16(5-3-15)19-14-21(27-24-19)10-12-25(13-11-21)20(26)23-18-8-6-17(22)7-9-18/h2-9,14,24H,10-13H2,1H3,(H,23,26). The van der Waals surface area contributed by atoms with E-state index >= 15 is 0 Å². The molecule has 2 amide bonds. The maximum Gasteiger partial charge on any atom is 0.321 e. The molecule has 27 heavy (non-hydrogen) atoms. The Kier molecular flexibility index (Phi) is 4.58. The van der Waals surface area contributed by atoms with Crippen molar-refractivity contribution in [1.29, 1.82) is 0 Å². The number of hydroxylamine groups is 1. The average molecular weight is 367 g/mol. The van der Waals surface area contributed by atoms with Crippen molar-refractivity contribution in [2.45, 2.75) is 25.4 Å². The Morgan fingerprint density at radius 1 is 1.11 bits per heavy atom. The van der Waals surface area contributed by atoms with E-state index in [0.717, 1.165) is 11.3 Å². The molecule has 0 bridgehead atoms. The van der Waals surface area contributed by atoms with E-state index in [2.05, 4.69) is 48.1 Å². The number of piperidine rings is 1. The van der Waals surface area contributed by atoms with Gasteiger partial charge in [0.05, 0.1) is 5.70 Å². The number of nitrogens with zero attached hydrogens (tertiary/aromatic N) is 1. The van der Waals surface area contributed by atoms with Gasteiger partial charge in [-0.05, 0) is 42.8 Å². The molecule has 0 aromatic heterocycles. The number of aryl methyl sites for hydroxylation is 1. The molecule has 2 aliphatic heterocycles. The monoisotopic (exact) mass is 367 g/mol. The summed E-state index contributed by atoms with van der Waals surface area (Å²) in [5, 5.41) is 2.81. The number of halogens is 1. The lowest BCUT2D eigenvalue weighted by Gasteiger charge is -2.36. The second-order valence-electron chi connectivity index (χ2n) is 7.12. The molecular weight excluding hydrogens is 345 g/mol. The highest BCUT2D eigenvalue weighted by Crippen LogP contribution is 2.34. The zero-order valence-corrected chi connectivity index (χ0v) is 15.2. The first-order valence-electron chi connectivity index (χ1n) is 9.08. The number of carbonyl (C=O) groups is 1. The third-order valence-corrected chi connectivity index (χ3v) is 5.13. The van der Waals surface area contributed by atoms with Crippen molar-refractivity contribution in [3.63, 3.8) is 0 Å². The van der Waals surface area contributed by atoms with Crippen LogP contribution >= 0.6 is 0 Å². The van der Waals surface area contributed by atoms with Crippen molar-refractivity contribution in [1.82, 2.24) is 10.4 Å². The van der Waals surface area contributed by atoms with Gasteiger partial charge in [0, 0.05) is 31.6 Å². The minimum atomic E-state index is -0.382. The normalized spacial score (nSPS) is 18.1. The number of amides is 2. The minimum Gasteiger partial charge on any atom is -0.324 e. The van der Waals surface area contributed by atoms with Gasteiger partial charge in [-0.15, -0.1) is 0 Å². The molecule has 0 atom stereocenters. The Morgan fingerprint density at radius 3 is 2.44 bits per heavy atom. The summed E-state index contributed by atoms with van der Waals surface area (Å²) in [7, 11) is 0. The maximum absolute atomic E-state index is 13.0. The highest BCUT2D eigenvalue weighted by atomic mass is 19.1. The molecule has 140 valence electrons. The van der Waals surface area contributed by atoms with Gasteiger partial charge in [-0.3, -0.25) is 10.3 Å². The molecule has 0 saturated carbocycles. The van der Waals surface area contributed by atoms with Crippen molar-refractivity contribution in [2.75, 3.05) is 18.4 Å². The predicted octanol–water partition coefficient (Wildman–Crippen LogP) is 4.08. The molecule has 1 fully saturated rings. The molecular formula is C21H22FN3O2. The molecule has 2 N–H and O–H groups in total. The van der Waals surface area contributed by atoms with Crippen LogP contribution in [0.1, 0.15) is 24.0 Å². The lowest BCUT2D eigenvalue weighted by atomic mass is 9.90. The fraction of sp³-hybridized carbons (Fsp3) is 0.286. The smallest absolute Gasteiger partial charge is 0.321 e. The van der Waals surface area contributed by atoms with Gasteiger partial charge in [0.15, 0.2) is 0 Å². The van der Waals surface area contributed by atoms with Crippen LogP contribution in [0.3, 0.4) is 0 Å². The van der Waals surface area contributed by atoms with Crippen molar-refractivity contribution in [2.24, 2.45) is 0 Å². The summed E-state index contributed by atoms with van der Waals surface area (Å²) >= 11 is 0. The molecule has 6 heteroatoms.